The zero-order valence-corrected chi connectivity index (χ0v) is 19.5. The van der Waals surface area contributed by atoms with Crippen molar-refractivity contribution in [2.45, 2.75) is 32.4 Å². The molecule has 2 aromatic heterocycles. The molecule has 3 aromatic rings. The van der Waals surface area contributed by atoms with E-state index in [1.54, 1.807) is 30.7 Å². The van der Waals surface area contributed by atoms with E-state index in [-0.39, 0.29) is 11.6 Å². The van der Waals surface area contributed by atoms with Crippen molar-refractivity contribution < 1.29 is 9.18 Å². The smallest absolute Gasteiger partial charge is 0.274 e. The molecule has 4 rings (SSSR count). The highest BCUT2D eigenvalue weighted by Gasteiger charge is 2.22. The van der Waals surface area contributed by atoms with Gasteiger partial charge in [0.15, 0.2) is 0 Å². The van der Waals surface area contributed by atoms with E-state index in [1.165, 1.54) is 0 Å². The summed E-state index contributed by atoms with van der Waals surface area (Å²) in [4.78, 5) is 25.0. The number of halogens is 1. The number of carbonyl (C=O) groups is 1. The second-order valence-electron chi connectivity index (χ2n) is 8.08. The first-order valence-electron chi connectivity index (χ1n) is 11.4. The summed E-state index contributed by atoms with van der Waals surface area (Å²) >= 11 is 0. The first kappa shape index (κ1) is 23.8. The average Bonchev–Trinajstić information content (AvgIpc) is 2.89. The van der Waals surface area contributed by atoms with Crippen LogP contribution >= 0.6 is 0 Å². The summed E-state index contributed by atoms with van der Waals surface area (Å²) in [5.41, 5.74) is 5.86. The van der Waals surface area contributed by atoms with E-state index in [0.29, 0.717) is 30.6 Å². The number of aliphatic imine (C=N–C) groups is 1. The summed E-state index contributed by atoms with van der Waals surface area (Å²) < 4.78 is 14.0. The van der Waals surface area contributed by atoms with E-state index in [1.807, 2.05) is 49.4 Å². The second kappa shape index (κ2) is 11.2. The van der Waals surface area contributed by atoms with Gasteiger partial charge in [0.25, 0.3) is 5.91 Å². The molecule has 1 aliphatic rings. The van der Waals surface area contributed by atoms with Gasteiger partial charge in [-0.3, -0.25) is 14.8 Å². The molecule has 0 spiro atoms. The molecular weight excluding hydrogens is 443 g/mol. The highest BCUT2D eigenvalue weighted by Crippen LogP contribution is 2.32. The Kier molecular flexibility index (Phi) is 7.62. The van der Waals surface area contributed by atoms with Crippen LogP contribution in [-0.2, 0) is 0 Å². The Labute approximate surface area is 203 Å². The Morgan fingerprint density at radius 3 is 2.37 bits per heavy atom. The number of allylic oxidation sites excluding steroid dienone is 3. The highest BCUT2D eigenvalue weighted by molar-refractivity contribution is 6.03. The lowest BCUT2D eigenvalue weighted by atomic mass is 9.92. The van der Waals surface area contributed by atoms with Gasteiger partial charge < -0.3 is 16.0 Å². The van der Waals surface area contributed by atoms with Crippen molar-refractivity contribution in [2.75, 3.05) is 16.0 Å². The normalized spacial score (nSPS) is 15.9. The maximum absolute atomic E-state index is 14.0. The number of pyridine rings is 2. The van der Waals surface area contributed by atoms with Gasteiger partial charge >= 0.3 is 0 Å². The quantitative estimate of drug-likeness (QED) is 0.338. The zero-order valence-electron chi connectivity index (χ0n) is 19.5. The molecular formula is C27H27FN6O. The molecule has 0 aliphatic heterocycles. The van der Waals surface area contributed by atoms with Gasteiger partial charge in [0.2, 0.25) is 0 Å². The van der Waals surface area contributed by atoms with Gasteiger partial charge in [-0.1, -0.05) is 6.08 Å². The number of rotatable bonds is 8. The van der Waals surface area contributed by atoms with Gasteiger partial charge in [0, 0.05) is 47.3 Å². The SMILES string of the molecule is C=NC1=C(/C(=C\C)Nc2ccc(C(=O)Nc3ccc(Nc4ccncc4)cc3)nc2)CC(F)CC1. The minimum Gasteiger partial charge on any atom is -0.355 e. The van der Waals surface area contributed by atoms with E-state index in [4.69, 9.17) is 0 Å². The number of aromatic nitrogens is 2. The molecule has 8 heteroatoms. The largest absolute Gasteiger partial charge is 0.355 e. The van der Waals surface area contributed by atoms with Crippen molar-refractivity contribution >= 4 is 35.4 Å². The van der Waals surface area contributed by atoms with Crippen molar-refractivity contribution in [3.63, 3.8) is 0 Å². The van der Waals surface area contributed by atoms with Crippen molar-refractivity contribution in [2.24, 2.45) is 4.99 Å². The number of alkyl halides is 1. The molecule has 0 fully saturated rings. The van der Waals surface area contributed by atoms with Crippen LogP contribution < -0.4 is 16.0 Å². The third kappa shape index (κ3) is 6.17. The fourth-order valence-corrected chi connectivity index (χ4v) is 3.84. The van der Waals surface area contributed by atoms with Gasteiger partial charge in [-0.15, -0.1) is 0 Å². The summed E-state index contributed by atoms with van der Waals surface area (Å²) in [6.07, 6.45) is 7.33. The number of hydrogen-bond donors (Lipinski definition) is 3. The number of amides is 1. The number of anilines is 4. The lowest BCUT2D eigenvalue weighted by Gasteiger charge is -2.23. The third-order valence-electron chi connectivity index (χ3n) is 5.66. The maximum atomic E-state index is 14.0. The van der Waals surface area contributed by atoms with Crippen LogP contribution in [0.25, 0.3) is 0 Å². The van der Waals surface area contributed by atoms with Crippen LogP contribution in [0.4, 0.5) is 27.1 Å². The Bertz CT molecular complexity index is 1240. The van der Waals surface area contributed by atoms with Gasteiger partial charge in [0.1, 0.15) is 11.9 Å². The predicted molar refractivity (Wildman–Crippen MR) is 139 cm³/mol. The van der Waals surface area contributed by atoms with Gasteiger partial charge in [-0.2, -0.15) is 0 Å². The van der Waals surface area contributed by atoms with E-state index >= 15 is 0 Å². The van der Waals surface area contributed by atoms with E-state index in [0.717, 1.165) is 28.3 Å². The molecule has 178 valence electrons. The monoisotopic (exact) mass is 470 g/mol. The van der Waals surface area contributed by atoms with Crippen LogP contribution in [0.15, 0.2) is 95.2 Å². The molecule has 35 heavy (non-hydrogen) atoms. The molecule has 2 heterocycles. The molecule has 0 saturated heterocycles. The summed E-state index contributed by atoms with van der Waals surface area (Å²) in [6.45, 7) is 5.50. The van der Waals surface area contributed by atoms with E-state index in [2.05, 4.69) is 37.6 Å². The number of nitrogens with one attached hydrogen (secondary N) is 3. The van der Waals surface area contributed by atoms with Crippen molar-refractivity contribution in [1.29, 1.82) is 0 Å². The van der Waals surface area contributed by atoms with Gasteiger partial charge in [-0.05, 0) is 80.6 Å². The van der Waals surface area contributed by atoms with Gasteiger partial charge in [-0.25, -0.2) is 9.37 Å². The fourth-order valence-electron chi connectivity index (χ4n) is 3.84. The summed E-state index contributed by atoms with van der Waals surface area (Å²) in [5.74, 6) is -0.314. The Balaban J connectivity index is 1.38. The number of benzene rings is 1. The number of nitrogens with zero attached hydrogens (tertiary/aromatic N) is 3. The highest BCUT2D eigenvalue weighted by atomic mass is 19.1. The van der Waals surface area contributed by atoms with Crippen LogP contribution in [0, 0.1) is 0 Å². The standard InChI is InChI=1S/C27H27FN6O/c1-3-24(23-16-18(28)4-10-25(23)29-2)33-22-9-11-26(31-17-22)27(35)34-20-7-5-19(6-8-20)32-21-12-14-30-15-13-21/h3,5-9,11-15,17-18,33H,2,4,10,16H2,1H3,(H,30,32)(H,34,35)/b24-3+. The molecule has 1 unspecified atom stereocenters. The van der Waals surface area contributed by atoms with E-state index in [9.17, 15) is 9.18 Å². The molecule has 1 atom stereocenters. The molecule has 3 N–H and O–H groups in total. The molecule has 1 aliphatic carbocycles. The summed E-state index contributed by atoms with van der Waals surface area (Å²) in [6, 6.07) is 14.5. The number of carbonyl (C=O) groups excluding carboxylic acids is 1. The number of hydrogen-bond acceptors (Lipinski definition) is 6. The fraction of sp³-hybridized carbons (Fsp3) is 0.185. The van der Waals surface area contributed by atoms with Gasteiger partial charge in [0.05, 0.1) is 11.9 Å². The Morgan fingerprint density at radius 1 is 1.03 bits per heavy atom. The first-order valence-corrected chi connectivity index (χ1v) is 11.4. The first-order chi connectivity index (χ1) is 17.1. The minimum absolute atomic E-state index is 0.283. The van der Waals surface area contributed by atoms with Crippen LogP contribution in [0.5, 0.6) is 0 Å². The lowest BCUT2D eigenvalue weighted by molar-refractivity contribution is 0.102. The summed E-state index contributed by atoms with van der Waals surface area (Å²) in [7, 11) is 0. The van der Waals surface area contributed by atoms with Crippen LogP contribution in [0.2, 0.25) is 0 Å². The minimum atomic E-state index is -0.892. The Hall–Kier alpha value is -4.33. The van der Waals surface area contributed by atoms with E-state index < -0.39 is 6.17 Å². The molecule has 1 amide bonds. The van der Waals surface area contributed by atoms with Crippen molar-refractivity contribution in [3.8, 4) is 0 Å². The Morgan fingerprint density at radius 2 is 1.71 bits per heavy atom. The van der Waals surface area contributed by atoms with Crippen LogP contribution in [0.3, 0.4) is 0 Å². The average molecular weight is 471 g/mol. The molecule has 0 bridgehead atoms. The maximum Gasteiger partial charge on any atom is 0.274 e. The second-order valence-corrected chi connectivity index (χ2v) is 8.08. The van der Waals surface area contributed by atoms with Crippen LogP contribution in [-0.4, -0.2) is 28.8 Å². The molecule has 1 aromatic carbocycles. The summed E-state index contributed by atoms with van der Waals surface area (Å²) in [5, 5.41) is 9.39. The lowest BCUT2D eigenvalue weighted by Crippen LogP contribution is -2.16. The topological polar surface area (TPSA) is 91.3 Å². The zero-order chi connectivity index (χ0) is 24.6. The van der Waals surface area contributed by atoms with Crippen LogP contribution in [0.1, 0.15) is 36.7 Å². The third-order valence-corrected chi connectivity index (χ3v) is 5.66. The van der Waals surface area contributed by atoms with Crippen molar-refractivity contribution in [1.82, 2.24) is 9.97 Å². The molecule has 0 radical (unpaired) electrons. The molecule has 0 saturated carbocycles. The predicted octanol–water partition coefficient (Wildman–Crippen LogP) is 6.26. The van der Waals surface area contributed by atoms with Crippen molar-refractivity contribution in [3.05, 3.63) is 95.9 Å². The molecule has 7 nitrogen and oxygen atoms in total.